The van der Waals surface area contributed by atoms with E-state index < -0.39 is 5.82 Å². The molecule has 0 unspecified atom stereocenters. The number of rotatable bonds is 3. The molecule has 1 aromatic heterocycles. The van der Waals surface area contributed by atoms with E-state index >= 15 is 0 Å². The summed E-state index contributed by atoms with van der Waals surface area (Å²) in [5, 5.41) is 0. The van der Waals surface area contributed by atoms with Gasteiger partial charge in [0.2, 0.25) is 5.75 Å². The highest BCUT2D eigenvalue weighted by Gasteiger charge is 2.26. The van der Waals surface area contributed by atoms with E-state index in [0.717, 1.165) is 19.0 Å². The van der Waals surface area contributed by atoms with Gasteiger partial charge in [0.15, 0.2) is 11.6 Å². The number of aromatic nitrogens is 1. The zero-order chi connectivity index (χ0) is 9.26. The maximum atomic E-state index is 13.2. The van der Waals surface area contributed by atoms with Gasteiger partial charge in [-0.15, -0.1) is 0 Å². The van der Waals surface area contributed by atoms with Crippen LogP contribution in [-0.4, -0.2) is 18.2 Å². The molecule has 1 aliphatic carbocycles. The van der Waals surface area contributed by atoms with Crippen molar-refractivity contribution in [1.82, 2.24) is 4.98 Å². The van der Waals surface area contributed by atoms with Crippen molar-refractivity contribution in [3.63, 3.8) is 0 Å². The maximum absolute atomic E-state index is 13.2. The average Bonchev–Trinajstić information content (AvgIpc) is 2.92. The van der Waals surface area contributed by atoms with Crippen LogP contribution in [0.25, 0.3) is 0 Å². The minimum atomic E-state index is -0.466. The summed E-state index contributed by atoms with van der Waals surface area (Å²) in [6, 6.07) is 0. The first-order chi connectivity index (χ1) is 6.31. The van der Waals surface area contributed by atoms with E-state index in [1.807, 2.05) is 0 Å². The van der Waals surface area contributed by atoms with Crippen LogP contribution in [0.15, 0.2) is 12.4 Å². The van der Waals surface area contributed by atoms with Crippen molar-refractivity contribution in [3.05, 3.63) is 18.2 Å². The Morgan fingerprint density at radius 2 is 2.23 bits per heavy atom. The molecule has 1 saturated carbocycles. The van der Waals surface area contributed by atoms with Crippen molar-refractivity contribution >= 4 is 0 Å². The molecule has 3 nitrogen and oxygen atoms in total. The van der Waals surface area contributed by atoms with E-state index in [2.05, 4.69) is 4.98 Å². The lowest BCUT2D eigenvalue weighted by molar-refractivity contribution is 0.266. The summed E-state index contributed by atoms with van der Waals surface area (Å²) >= 11 is 0. The molecule has 0 N–H and O–H groups in total. The van der Waals surface area contributed by atoms with Crippen LogP contribution in [0, 0.1) is 5.82 Å². The third-order valence-electron chi connectivity index (χ3n) is 1.85. The lowest BCUT2D eigenvalue weighted by Crippen LogP contribution is -2.01. The standard InChI is InChI=1S/C9H10FNO2/c1-12-8-5-11-4-7(10)9(8)13-6-2-3-6/h4-6H,2-3H2,1H3. The number of hydrogen-bond acceptors (Lipinski definition) is 3. The SMILES string of the molecule is COc1cncc(F)c1OC1CC1. The first-order valence-corrected chi connectivity index (χ1v) is 4.15. The molecule has 4 heteroatoms. The van der Waals surface area contributed by atoms with Crippen molar-refractivity contribution in [3.8, 4) is 11.5 Å². The summed E-state index contributed by atoms with van der Waals surface area (Å²) in [4.78, 5) is 3.66. The monoisotopic (exact) mass is 183 g/mol. The van der Waals surface area contributed by atoms with Crippen LogP contribution in [0.3, 0.4) is 0 Å². The van der Waals surface area contributed by atoms with E-state index in [0.29, 0.717) is 5.75 Å². The second-order valence-corrected chi connectivity index (χ2v) is 2.97. The Morgan fingerprint density at radius 3 is 2.85 bits per heavy atom. The molecular formula is C9H10FNO2. The smallest absolute Gasteiger partial charge is 0.200 e. The van der Waals surface area contributed by atoms with Crippen LogP contribution in [-0.2, 0) is 0 Å². The summed E-state index contributed by atoms with van der Waals surface area (Å²) in [7, 11) is 1.47. The predicted molar refractivity (Wildman–Crippen MR) is 44.4 cm³/mol. The minimum absolute atomic E-state index is 0.158. The molecule has 0 radical (unpaired) electrons. The van der Waals surface area contributed by atoms with Gasteiger partial charge < -0.3 is 9.47 Å². The summed E-state index contributed by atoms with van der Waals surface area (Å²) in [5.41, 5.74) is 0. The Kier molecular flexibility index (Phi) is 2.04. The first kappa shape index (κ1) is 8.29. The van der Waals surface area contributed by atoms with Gasteiger partial charge in [-0.25, -0.2) is 4.39 Å². The molecule has 70 valence electrons. The maximum Gasteiger partial charge on any atom is 0.200 e. The third kappa shape index (κ3) is 1.71. The molecule has 1 fully saturated rings. The van der Waals surface area contributed by atoms with Crippen LogP contribution in [0.4, 0.5) is 4.39 Å². The highest BCUT2D eigenvalue weighted by atomic mass is 19.1. The number of nitrogens with zero attached hydrogens (tertiary/aromatic N) is 1. The molecule has 0 spiro atoms. The molecule has 2 rings (SSSR count). The lowest BCUT2D eigenvalue weighted by atomic mass is 10.4. The van der Waals surface area contributed by atoms with Gasteiger partial charge in [0.25, 0.3) is 0 Å². The van der Waals surface area contributed by atoms with E-state index in [1.165, 1.54) is 13.3 Å². The Balaban J connectivity index is 2.27. The van der Waals surface area contributed by atoms with Gasteiger partial charge in [-0.1, -0.05) is 0 Å². The van der Waals surface area contributed by atoms with Gasteiger partial charge in [-0.05, 0) is 12.8 Å². The Bertz CT molecular complexity index is 312. The summed E-state index contributed by atoms with van der Waals surface area (Å²) < 4.78 is 23.4. The molecular weight excluding hydrogens is 173 g/mol. The lowest BCUT2D eigenvalue weighted by Gasteiger charge is -2.09. The van der Waals surface area contributed by atoms with Gasteiger partial charge in [0, 0.05) is 0 Å². The van der Waals surface area contributed by atoms with Crippen molar-refractivity contribution in [2.75, 3.05) is 7.11 Å². The summed E-state index contributed by atoms with van der Waals surface area (Å²) in [6.45, 7) is 0. The van der Waals surface area contributed by atoms with Crippen LogP contribution >= 0.6 is 0 Å². The van der Waals surface area contributed by atoms with Crippen molar-refractivity contribution in [1.29, 1.82) is 0 Å². The molecule has 0 saturated heterocycles. The normalized spacial score (nSPS) is 15.5. The topological polar surface area (TPSA) is 31.4 Å². The van der Waals surface area contributed by atoms with Gasteiger partial charge >= 0.3 is 0 Å². The van der Waals surface area contributed by atoms with Crippen molar-refractivity contribution < 1.29 is 13.9 Å². The van der Waals surface area contributed by atoms with Gasteiger partial charge in [-0.3, -0.25) is 4.98 Å². The number of pyridine rings is 1. The fraction of sp³-hybridized carbons (Fsp3) is 0.444. The molecule has 13 heavy (non-hydrogen) atoms. The molecule has 0 aliphatic heterocycles. The number of hydrogen-bond donors (Lipinski definition) is 0. The number of methoxy groups -OCH3 is 1. The highest BCUT2D eigenvalue weighted by Crippen LogP contribution is 2.34. The van der Waals surface area contributed by atoms with E-state index in [1.54, 1.807) is 0 Å². The zero-order valence-electron chi connectivity index (χ0n) is 7.29. The Hall–Kier alpha value is -1.32. The fourth-order valence-corrected chi connectivity index (χ4v) is 1.02. The first-order valence-electron chi connectivity index (χ1n) is 4.15. The third-order valence-corrected chi connectivity index (χ3v) is 1.85. The van der Waals surface area contributed by atoms with Crippen LogP contribution in [0.5, 0.6) is 11.5 Å². The largest absolute Gasteiger partial charge is 0.491 e. The highest BCUT2D eigenvalue weighted by molar-refractivity contribution is 5.38. The second-order valence-electron chi connectivity index (χ2n) is 2.97. The Labute approximate surface area is 75.5 Å². The van der Waals surface area contributed by atoms with Gasteiger partial charge in [-0.2, -0.15) is 0 Å². The average molecular weight is 183 g/mol. The van der Waals surface area contributed by atoms with Crippen LogP contribution in [0.1, 0.15) is 12.8 Å². The molecule has 1 heterocycles. The van der Waals surface area contributed by atoms with Gasteiger partial charge in [0.05, 0.1) is 25.6 Å². The second kappa shape index (κ2) is 3.20. The quantitative estimate of drug-likeness (QED) is 0.715. The molecule has 0 amide bonds. The molecule has 0 aromatic carbocycles. The predicted octanol–water partition coefficient (Wildman–Crippen LogP) is 1.77. The van der Waals surface area contributed by atoms with E-state index in [9.17, 15) is 4.39 Å². The van der Waals surface area contributed by atoms with E-state index in [-0.39, 0.29) is 11.9 Å². The van der Waals surface area contributed by atoms with Crippen LogP contribution < -0.4 is 9.47 Å². The molecule has 0 atom stereocenters. The minimum Gasteiger partial charge on any atom is -0.491 e. The zero-order valence-corrected chi connectivity index (χ0v) is 7.29. The number of ether oxygens (including phenoxy) is 2. The molecule has 1 aromatic rings. The number of halogens is 1. The molecule has 0 bridgehead atoms. The summed E-state index contributed by atoms with van der Waals surface area (Å²) in [5.74, 6) is 0.0677. The van der Waals surface area contributed by atoms with Crippen LogP contribution in [0.2, 0.25) is 0 Å². The fourth-order valence-electron chi connectivity index (χ4n) is 1.02. The van der Waals surface area contributed by atoms with Crippen molar-refractivity contribution in [2.45, 2.75) is 18.9 Å². The van der Waals surface area contributed by atoms with E-state index in [4.69, 9.17) is 9.47 Å². The molecule has 1 aliphatic rings. The Morgan fingerprint density at radius 1 is 1.46 bits per heavy atom. The van der Waals surface area contributed by atoms with Crippen molar-refractivity contribution in [2.24, 2.45) is 0 Å². The van der Waals surface area contributed by atoms with Gasteiger partial charge in [0.1, 0.15) is 0 Å². The summed E-state index contributed by atoms with van der Waals surface area (Å²) in [6.07, 6.45) is 4.71.